The van der Waals surface area contributed by atoms with Crippen molar-refractivity contribution in [3.05, 3.63) is 29.3 Å². The predicted octanol–water partition coefficient (Wildman–Crippen LogP) is 0.624. The van der Waals surface area contributed by atoms with Crippen molar-refractivity contribution in [2.24, 2.45) is 0 Å². The largest absolute Gasteiger partial charge is 0.477 e. The lowest BCUT2D eigenvalue weighted by atomic mass is 10.2. The molecule has 1 aliphatic rings. The summed E-state index contributed by atoms with van der Waals surface area (Å²) in [6.45, 7) is 0. The van der Waals surface area contributed by atoms with Crippen LogP contribution in [0, 0.1) is 11.6 Å². The van der Waals surface area contributed by atoms with Gasteiger partial charge in [0.2, 0.25) is 0 Å². The zero-order chi connectivity index (χ0) is 16.0. The molecule has 1 aromatic carbocycles. The lowest BCUT2D eigenvalue weighted by Crippen LogP contribution is -2.24. The summed E-state index contributed by atoms with van der Waals surface area (Å²) in [5.41, 5.74) is -1.38. The highest BCUT2D eigenvalue weighted by atomic mass is 32.2. The molecule has 21 heavy (non-hydrogen) atoms. The van der Waals surface area contributed by atoms with Gasteiger partial charge in [-0.1, -0.05) is 0 Å². The van der Waals surface area contributed by atoms with Gasteiger partial charge < -0.3 is 5.11 Å². The van der Waals surface area contributed by atoms with Gasteiger partial charge in [0.25, 0.3) is 0 Å². The molecule has 1 saturated heterocycles. The first-order valence-electron chi connectivity index (χ1n) is 5.72. The zero-order valence-corrected chi connectivity index (χ0v) is 12.0. The van der Waals surface area contributed by atoms with Gasteiger partial charge in [-0.25, -0.2) is 30.4 Å². The van der Waals surface area contributed by atoms with Gasteiger partial charge in [-0.05, 0) is 18.6 Å². The van der Waals surface area contributed by atoms with Crippen LogP contribution in [-0.4, -0.2) is 44.7 Å². The Kier molecular flexibility index (Phi) is 3.79. The SMILES string of the molecule is O=C(O)c1c(F)ccc(S(=O)(=O)C2CCS(=O)(=O)C2)c1F. The fourth-order valence-electron chi connectivity index (χ4n) is 2.13. The molecule has 2 rings (SSSR count). The third kappa shape index (κ3) is 2.77. The highest BCUT2D eigenvalue weighted by molar-refractivity contribution is 7.96. The predicted molar refractivity (Wildman–Crippen MR) is 67.6 cm³/mol. The van der Waals surface area contributed by atoms with Crippen LogP contribution in [0.15, 0.2) is 17.0 Å². The summed E-state index contributed by atoms with van der Waals surface area (Å²) in [4.78, 5) is 9.78. The second kappa shape index (κ2) is 5.02. The van der Waals surface area contributed by atoms with Gasteiger partial charge in [0.05, 0.1) is 16.8 Å². The number of sulfone groups is 2. The Morgan fingerprint density at radius 1 is 1.29 bits per heavy atom. The summed E-state index contributed by atoms with van der Waals surface area (Å²) < 4.78 is 74.3. The van der Waals surface area contributed by atoms with Crippen molar-refractivity contribution >= 4 is 25.6 Å². The number of rotatable bonds is 3. The van der Waals surface area contributed by atoms with Crippen LogP contribution in [0.5, 0.6) is 0 Å². The van der Waals surface area contributed by atoms with Crippen molar-refractivity contribution in [1.82, 2.24) is 0 Å². The van der Waals surface area contributed by atoms with E-state index in [1.807, 2.05) is 0 Å². The molecular weight excluding hydrogens is 330 g/mol. The number of aromatic carboxylic acids is 1. The first-order chi connectivity index (χ1) is 9.56. The molecule has 116 valence electrons. The maximum absolute atomic E-state index is 14.0. The topological polar surface area (TPSA) is 106 Å². The van der Waals surface area contributed by atoms with E-state index in [0.29, 0.717) is 12.1 Å². The quantitative estimate of drug-likeness (QED) is 0.809. The Morgan fingerprint density at radius 2 is 1.90 bits per heavy atom. The summed E-state index contributed by atoms with van der Waals surface area (Å²) >= 11 is 0. The Hall–Kier alpha value is -1.55. The molecule has 0 aromatic heterocycles. The van der Waals surface area contributed by atoms with Gasteiger partial charge in [0, 0.05) is 0 Å². The number of benzene rings is 1. The van der Waals surface area contributed by atoms with E-state index in [1.165, 1.54) is 0 Å². The maximum Gasteiger partial charge on any atom is 0.341 e. The lowest BCUT2D eigenvalue weighted by molar-refractivity contribution is 0.0685. The molecule has 0 spiro atoms. The monoisotopic (exact) mass is 340 g/mol. The normalized spacial score (nSPS) is 21.3. The molecule has 1 unspecified atom stereocenters. The van der Waals surface area contributed by atoms with Crippen molar-refractivity contribution in [3.63, 3.8) is 0 Å². The van der Waals surface area contributed by atoms with Crippen molar-refractivity contribution in [2.45, 2.75) is 16.6 Å². The molecule has 1 fully saturated rings. The van der Waals surface area contributed by atoms with Crippen LogP contribution in [-0.2, 0) is 19.7 Å². The van der Waals surface area contributed by atoms with Crippen LogP contribution in [0.25, 0.3) is 0 Å². The third-order valence-electron chi connectivity index (χ3n) is 3.21. The average Bonchev–Trinajstić information content (AvgIpc) is 2.69. The maximum atomic E-state index is 14.0. The molecule has 10 heteroatoms. The van der Waals surface area contributed by atoms with Gasteiger partial charge >= 0.3 is 5.97 Å². The number of halogens is 2. The fourth-order valence-corrected chi connectivity index (χ4v) is 6.56. The molecule has 1 aromatic rings. The first-order valence-corrected chi connectivity index (χ1v) is 9.08. The summed E-state index contributed by atoms with van der Waals surface area (Å²) in [6, 6.07) is 1.14. The minimum absolute atomic E-state index is 0.204. The standard InChI is InChI=1S/C11H10F2O6S2/c12-7-1-2-8(10(13)9(7)11(14)15)21(18,19)6-3-4-20(16,17)5-6/h1-2,6H,3-5H2,(H,14,15). The van der Waals surface area contributed by atoms with Gasteiger partial charge in [0.1, 0.15) is 16.3 Å². The molecule has 0 aliphatic carbocycles. The fraction of sp³-hybridized carbons (Fsp3) is 0.364. The van der Waals surface area contributed by atoms with E-state index < -0.39 is 58.7 Å². The number of carboxylic acids is 1. The Bertz CT molecular complexity index is 813. The molecule has 1 aliphatic heterocycles. The lowest BCUT2D eigenvalue weighted by Gasteiger charge is -2.12. The molecular formula is C11H10F2O6S2. The molecule has 0 bridgehead atoms. The first kappa shape index (κ1) is 15.8. The van der Waals surface area contributed by atoms with Crippen LogP contribution in [0.3, 0.4) is 0 Å². The average molecular weight is 340 g/mol. The summed E-state index contributed by atoms with van der Waals surface area (Å²) in [5.74, 6) is -6.06. The van der Waals surface area contributed by atoms with E-state index in [4.69, 9.17) is 5.11 Å². The molecule has 6 nitrogen and oxygen atoms in total. The van der Waals surface area contributed by atoms with E-state index in [0.717, 1.165) is 0 Å². The van der Waals surface area contributed by atoms with Crippen LogP contribution >= 0.6 is 0 Å². The molecule has 0 saturated carbocycles. The smallest absolute Gasteiger partial charge is 0.341 e. The Morgan fingerprint density at radius 3 is 2.38 bits per heavy atom. The summed E-state index contributed by atoms with van der Waals surface area (Å²) in [7, 11) is -7.92. The van der Waals surface area contributed by atoms with E-state index in [1.54, 1.807) is 0 Å². The van der Waals surface area contributed by atoms with Crippen LogP contribution in [0.1, 0.15) is 16.8 Å². The molecule has 1 N–H and O–H groups in total. The highest BCUT2D eigenvalue weighted by Crippen LogP contribution is 2.29. The van der Waals surface area contributed by atoms with Crippen molar-refractivity contribution in [3.8, 4) is 0 Å². The second-order valence-corrected chi connectivity index (χ2v) is 9.03. The van der Waals surface area contributed by atoms with Gasteiger partial charge in [-0.15, -0.1) is 0 Å². The number of carboxylic acid groups (broad SMARTS) is 1. The molecule has 1 atom stereocenters. The minimum Gasteiger partial charge on any atom is -0.477 e. The number of hydrogen-bond donors (Lipinski definition) is 1. The van der Waals surface area contributed by atoms with Crippen molar-refractivity contribution < 1.29 is 35.5 Å². The Labute approximate surface area is 119 Å². The van der Waals surface area contributed by atoms with Gasteiger partial charge in [0.15, 0.2) is 25.5 Å². The Balaban J connectivity index is 2.57. The van der Waals surface area contributed by atoms with Crippen LogP contribution < -0.4 is 0 Å². The van der Waals surface area contributed by atoms with Crippen molar-refractivity contribution in [2.75, 3.05) is 11.5 Å². The van der Waals surface area contributed by atoms with Crippen LogP contribution in [0.4, 0.5) is 8.78 Å². The molecule has 0 amide bonds. The van der Waals surface area contributed by atoms with E-state index in [9.17, 15) is 30.4 Å². The summed E-state index contributed by atoms with van der Waals surface area (Å²) in [5, 5.41) is 7.36. The summed E-state index contributed by atoms with van der Waals surface area (Å²) in [6.07, 6.45) is -0.204. The van der Waals surface area contributed by atoms with E-state index >= 15 is 0 Å². The van der Waals surface area contributed by atoms with Crippen LogP contribution in [0.2, 0.25) is 0 Å². The molecule has 0 radical (unpaired) electrons. The van der Waals surface area contributed by atoms with E-state index in [-0.39, 0.29) is 12.2 Å². The second-order valence-electron chi connectivity index (χ2n) is 4.61. The zero-order valence-electron chi connectivity index (χ0n) is 10.4. The van der Waals surface area contributed by atoms with E-state index in [2.05, 4.69) is 0 Å². The third-order valence-corrected chi connectivity index (χ3v) is 7.39. The highest BCUT2D eigenvalue weighted by Gasteiger charge is 2.40. The number of hydrogen-bond acceptors (Lipinski definition) is 5. The van der Waals surface area contributed by atoms with Gasteiger partial charge in [-0.3, -0.25) is 0 Å². The minimum atomic E-state index is -4.40. The van der Waals surface area contributed by atoms with Crippen molar-refractivity contribution in [1.29, 1.82) is 0 Å². The number of carbonyl (C=O) groups is 1. The van der Waals surface area contributed by atoms with Gasteiger partial charge in [-0.2, -0.15) is 0 Å². The molecule has 1 heterocycles.